The van der Waals surface area contributed by atoms with E-state index in [0.717, 1.165) is 48.8 Å². The van der Waals surface area contributed by atoms with E-state index in [0.29, 0.717) is 23.5 Å². The second kappa shape index (κ2) is 11.3. The smallest absolute Gasteiger partial charge is 0.406 e. The van der Waals surface area contributed by atoms with Crippen molar-refractivity contribution in [3.05, 3.63) is 54.2 Å². The largest absolute Gasteiger partial charge is 0.495 e. The van der Waals surface area contributed by atoms with Crippen LogP contribution >= 0.6 is 0 Å². The molecule has 38 heavy (non-hydrogen) atoms. The van der Waals surface area contributed by atoms with Crippen LogP contribution in [0.25, 0.3) is 17.0 Å². The summed E-state index contributed by atoms with van der Waals surface area (Å²) in [5.41, 5.74) is 2.61. The number of sulfone groups is 1. The van der Waals surface area contributed by atoms with Gasteiger partial charge in [0.05, 0.1) is 23.2 Å². The number of piperidine rings is 1. The first-order chi connectivity index (χ1) is 17.9. The number of ether oxygens (including phenoxy) is 1. The lowest BCUT2D eigenvalue weighted by atomic mass is 10.0. The van der Waals surface area contributed by atoms with Crippen LogP contribution in [0.2, 0.25) is 0 Å². The number of anilines is 2. The number of hydrogen-bond donors (Lipinski definition) is 2. The molecular weight excluding hydrogens is 517 g/mol. The van der Waals surface area contributed by atoms with Crippen LogP contribution in [0.1, 0.15) is 18.4 Å². The Labute approximate surface area is 221 Å². The summed E-state index contributed by atoms with van der Waals surface area (Å²) in [6.45, 7) is 1.22. The summed E-state index contributed by atoms with van der Waals surface area (Å²) >= 11 is 0. The van der Waals surface area contributed by atoms with Crippen LogP contribution in [-0.2, 0) is 16.4 Å². The van der Waals surface area contributed by atoms with Crippen molar-refractivity contribution in [2.24, 2.45) is 0 Å². The topological polar surface area (TPSA) is 75.6 Å². The van der Waals surface area contributed by atoms with E-state index in [1.807, 2.05) is 18.2 Å². The molecule has 1 aliphatic heterocycles. The molecule has 0 unspecified atom stereocenters. The Bertz CT molecular complexity index is 1410. The highest BCUT2D eigenvalue weighted by Crippen LogP contribution is 2.32. The Morgan fingerprint density at radius 1 is 1.11 bits per heavy atom. The van der Waals surface area contributed by atoms with E-state index in [4.69, 9.17) is 4.74 Å². The Balaban J connectivity index is 1.58. The number of fused-ring (bicyclic) bond motifs is 1. The number of hydrogen-bond acceptors (Lipinski definition) is 6. The number of halogens is 3. The van der Waals surface area contributed by atoms with Gasteiger partial charge in [0.25, 0.3) is 0 Å². The van der Waals surface area contributed by atoms with Crippen LogP contribution in [-0.4, -0.2) is 70.2 Å². The summed E-state index contributed by atoms with van der Waals surface area (Å²) < 4.78 is 70.1. The molecule has 4 rings (SSSR count). The molecule has 1 saturated heterocycles. The SMILES string of the molecule is COc1ccc(S(C)(=O)=O)cc1NC/C=C/c1cc(NC2CCN(C)CC2)c2ccn(CC(F)(F)F)c2c1. The summed E-state index contributed by atoms with van der Waals surface area (Å²) in [7, 11) is 0.200. The summed E-state index contributed by atoms with van der Waals surface area (Å²) in [5, 5.41) is 7.48. The third-order valence-corrected chi connectivity index (χ3v) is 7.77. The highest BCUT2D eigenvalue weighted by Gasteiger charge is 2.28. The molecule has 206 valence electrons. The predicted octanol–water partition coefficient (Wildman–Crippen LogP) is 5.25. The van der Waals surface area contributed by atoms with Crippen molar-refractivity contribution in [3.63, 3.8) is 0 Å². The molecule has 1 aromatic heterocycles. The van der Waals surface area contributed by atoms with E-state index in [1.165, 1.54) is 30.0 Å². The Morgan fingerprint density at radius 3 is 2.50 bits per heavy atom. The van der Waals surface area contributed by atoms with Gasteiger partial charge in [0, 0.05) is 36.1 Å². The molecule has 2 heterocycles. The van der Waals surface area contributed by atoms with E-state index in [1.54, 1.807) is 18.2 Å². The first-order valence-corrected chi connectivity index (χ1v) is 14.3. The number of nitrogens with one attached hydrogen (secondary N) is 2. The van der Waals surface area contributed by atoms with E-state index in [2.05, 4.69) is 22.6 Å². The maximum absolute atomic E-state index is 13.2. The van der Waals surface area contributed by atoms with Gasteiger partial charge >= 0.3 is 6.18 Å². The fourth-order valence-corrected chi connectivity index (χ4v) is 5.30. The second-order valence-electron chi connectivity index (χ2n) is 9.70. The zero-order valence-electron chi connectivity index (χ0n) is 21.7. The molecule has 1 fully saturated rings. The number of alkyl halides is 3. The van der Waals surface area contributed by atoms with Crippen molar-refractivity contribution >= 4 is 38.2 Å². The van der Waals surface area contributed by atoms with Crippen molar-refractivity contribution in [2.75, 3.05) is 50.7 Å². The maximum Gasteiger partial charge on any atom is 0.406 e. The van der Waals surface area contributed by atoms with Gasteiger partial charge in [-0.2, -0.15) is 13.2 Å². The van der Waals surface area contributed by atoms with Crippen LogP contribution in [0.15, 0.2) is 53.6 Å². The minimum atomic E-state index is -4.33. The molecule has 0 atom stereocenters. The average molecular weight is 551 g/mol. The first-order valence-electron chi connectivity index (χ1n) is 12.4. The Kier molecular flexibility index (Phi) is 8.27. The van der Waals surface area contributed by atoms with Crippen LogP contribution in [0, 0.1) is 0 Å². The third kappa shape index (κ3) is 7.02. The van der Waals surface area contributed by atoms with Gasteiger partial charge in [-0.25, -0.2) is 8.42 Å². The number of benzene rings is 2. The normalized spacial score (nSPS) is 15.8. The van der Waals surface area contributed by atoms with Gasteiger partial charge in [-0.1, -0.05) is 12.2 Å². The lowest BCUT2D eigenvalue weighted by Crippen LogP contribution is -2.36. The summed E-state index contributed by atoms with van der Waals surface area (Å²) in [5.74, 6) is 0.502. The fourth-order valence-electron chi connectivity index (χ4n) is 4.66. The molecule has 0 amide bonds. The minimum Gasteiger partial charge on any atom is -0.495 e. The number of methoxy groups -OCH3 is 1. The Morgan fingerprint density at radius 2 is 1.84 bits per heavy atom. The number of rotatable bonds is 9. The highest BCUT2D eigenvalue weighted by atomic mass is 32.2. The van der Waals surface area contributed by atoms with E-state index >= 15 is 0 Å². The van der Waals surface area contributed by atoms with Gasteiger partial charge < -0.3 is 24.8 Å². The van der Waals surface area contributed by atoms with E-state index in [-0.39, 0.29) is 10.9 Å². The maximum atomic E-state index is 13.2. The highest BCUT2D eigenvalue weighted by molar-refractivity contribution is 7.90. The molecule has 2 N–H and O–H groups in total. The monoisotopic (exact) mass is 550 g/mol. The fraction of sp³-hybridized carbons (Fsp3) is 0.407. The number of aromatic nitrogens is 1. The van der Waals surface area contributed by atoms with Crippen LogP contribution in [0.5, 0.6) is 5.75 Å². The minimum absolute atomic E-state index is 0.172. The second-order valence-corrected chi connectivity index (χ2v) is 11.7. The molecule has 3 aromatic rings. The molecular formula is C27H33F3N4O3S. The number of likely N-dealkylation sites (tertiary alicyclic amines) is 1. The molecule has 11 heteroatoms. The molecule has 0 aliphatic carbocycles. The molecule has 0 saturated carbocycles. The van der Waals surface area contributed by atoms with Crippen molar-refractivity contribution in [3.8, 4) is 5.75 Å². The lowest BCUT2D eigenvalue weighted by molar-refractivity contribution is -0.139. The quantitative estimate of drug-likeness (QED) is 0.379. The molecule has 0 radical (unpaired) electrons. The van der Waals surface area contributed by atoms with Crippen molar-refractivity contribution < 1.29 is 26.3 Å². The van der Waals surface area contributed by atoms with Crippen molar-refractivity contribution in [1.29, 1.82) is 0 Å². The molecule has 0 spiro atoms. The van der Waals surface area contributed by atoms with Crippen LogP contribution in [0.3, 0.4) is 0 Å². The van der Waals surface area contributed by atoms with Gasteiger partial charge in [0.1, 0.15) is 12.3 Å². The summed E-state index contributed by atoms with van der Waals surface area (Å²) in [6, 6.07) is 10.3. The number of nitrogens with zero attached hydrogens (tertiary/aromatic N) is 2. The van der Waals surface area contributed by atoms with Crippen LogP contribution < -0.4 is 15.4 Å². The molecule has 2 aromatic carbocycles. The predicted molar refractivity (Wildman–Crippen MR) is 146 cm³/mol. The molecule has 1 aliphatic rings. The Hall–Kier alpha value is -3.18. The van der Waals surface area contributed by atoms with E-state index in [9.17, 15) is 21.6 Å². The van der Waals surface area contributed by atoms with Crippen molar-refractivity contribution in [2.45, 2.75) is 36.5 Å². The van der Waals surface area contributed by atoms with E-state index < -0.39 is 22.6 Å². The van der Waals surface area contributed by atoms with Gasteiger partial charge in [0.15, 0.2) is 9.84 Å². The standard InChI is InChI=1S/C27H33F3N4O3S/c1-33-12-8-20(9-13-33)32-23-15-19(16-25-22(23)10-14-34(25)18-27(28,29)30)5-4-11-31-24-17-21(38(3,35)36)6-7-26(24)37-2/h4-7,10,14-17,20,31-32H,8-9,11-13,18H2,1-3H3/b5-4+. The summed E-state index contributed by atoms with van der Waals surface area (Å²) in [4.78, 5) is 2.44. The van der Waals surface area contributed by atoms with Gasteiger partial charge in [-0.15, -0.1) is 0 Å². The van der Waals surface area contributed by atoms with Gasteiger partial charge in [-0.05, 0) is 74.9 Å². The first kappa shape index (κ1) is 27.8. The lowest BCUT2D eigenvalue weighted by Gasteiger charge is -2.30. The molecule has 7 nitrogen and oxygen atoms in total. The zero-order chi connectivity index (χ0) is 27.5. The average Bonchev–Trinajstić information content (AvgIpc) is 3.24. The third-order valence-electron chi connectivity index (χ3n) is 6.66. The zero-order valence-corrected chi connectivity index (χ0v) is 22.5. The van der Waals surface area contributed by atoms with Gasteiger partial charge in [-0.3, -0.25) is 0 Å². The van der Waals surface area contributed by atoms with Gasteiger partial charge in [0.2, 0.25) is 0 Å². The van der Waals surface area contributed by atoms with Crippen molar-refractivity contribution in [1.82, 2.24) is 9.47 Å². The van der Waals surface area contributed by atoms with Crippen LogP contribution in [0.4, 0.5) is 24.5 Å². The summed E-state index contributed by atoms with van der Waals surface area (Å²) in [6.07, 6.45) is 3.88. The molecule has 0 bridgehead atoms.